The van der Waals surface area contributed by atoms with Crippen molar-refractivity contribution in [2.45, 2.75) is 24.4 Å². The average molecular weight is 331 g/mol. The van der Waals surface area contributed by atoms with E-state index in [1.807, 2.05) is 0 Å². The van der Waals surface area contributed by atoms with Crippen molar-refractivity contribution < 1.29 is 29.1 Å². The van der Waals surface area contributed by atoms with Crippen LogP contribution in [0, 0.1) is 11.8 Å². The summed E-state index contributed by atoms with van der Waals surface area (Å²) in [4.78, 5) is 42.8. The Kier molecular flexibility index (Phi) is 3.26. The van der Waals surface area contributed by atoms with Crippen LogP contribution in [0.15, 0.2) is 24.3 Å². The molecule has 0 unspecified atom stereocenters. The number of rotatable bonds is 2. The van der Waals surface area contributed by atoms with Crippen molar-refractivity contribution in [1.29, 1.82) is 0 Å². The molecule has 4 atom stereocenters. The van der Waals surface area contributed by atoms with Gasteiger partial charge in [0.1, 0.15) is 11.5 Å². The van der Waals surface area contributed by atoms with Gasteiger partial charge in [-0.05, 0) is 18.1 Å². The molecule has 7 nitrogen and oxygen atoms in total. The Morgan fingerprint density at radius 3 is 2.79 bits per heavy atom. The minimum Gasteiger partial charge on any atom is -0.481 e. The first kappa shape index (κ1) is 15.3. The van der Waals surface area contributed by atoms with Gasteiger partial charge >= 0.3 is 5.97 Å². The highest BCUT2D eigenvalue weighted by Gasteiger charge is 2.64. The van der Waals surface area contributed by atoms with Gasteiger partial charge in [0, 0.05) is 12.3 Å². The molecule has 1 aromatic carbocycles. The number of hydroxylamine groups is 1. The molecule has 1 spiro atoms. The molecule has 0 radical (unpaired) electrons. The quantitative estimate of drug-likeness (QED) is 0.866. The zero-order chi connectivity index (χ0) is 17.1. The van der Waals surface area contributed by atoms with Gasteiger partial charge in [0.05, 0.1) is 25.3 Å². The number of nitrogens with zero attached hydrogens (tertiary/aromatic N) is 1. The zero-order valence-electron chi connectivity index (χ0n) is 13.1. The third-order valence-electron chi connectivity index (χ3n) is 5.46. The Hall–Kier alpha value is -2.25. The van der Waals surface area contributed by atoms with Crippen LogP contribution in [-0.2, 0) is 29.4 Å². The second-order valence-corrected chi connectivity index (χ2v) is 6.56. The van der Waals surface area contributed by atoms with Gasteiger partial charge in [-0.3, -0.25) is 19.2 Å². The normalized spacial score (nSPS) is 34.5. The number of ketones is 1. The lowest BCUT2D eigenvalue weighted by atomic mass is 9.71. The molecule has 2 bridgehead atoms. The minimum absolute atomic E-state index is 0.0408. The average Bonchev–Trinajstić information content (AvgIpc) is 2.68. The van der Waals surface area contributed by atoms with Crippen molar-refractivity contribution in [3.05, 3.63) is 29.8 Å². The SMILES string of the molecule is CON1C(=O)[C@@]2(C[C@H](C(=O)O)[C@H]3CO[C@@H]2C(=O)C3)c2ccccc21. The Morgan fingerprint density at radius 1 is 1.38 bits per heavy atom. The number of hydrogen-bond donors (Lipinski definition) is 1. The van der Waals surface area contributed by atoms with E-state index in [9.17, 15) is 19.5 Å². The Bertz CT molecular complexity index is 746. The van der Waals surface area contributed by atoms with Gasteiger partial charge in [-0.15, -0.1) is 0 Å². The Balaban J connectivity index is 1.96. The third kappa shape index (κ3) is 1.76. The van der Waals surface area contributed by atoms with Crippen LogP contribution in [0.4, 0.5) is 5.69 Å². The highest BCUT2D eigenvalue weighted by molar-refractivity contribution is 6.11. The Labute approximate surface area is 138 Å². The molecule has 0 aromatic heterocycles. The predicted molar refractivity (Wildman–Crippen MR) is 81.2 cm³/mol. The smallest absolute Gasteiger partial charge is 0.306 e. The summed E-state index contributed by atoms with van der Waals surface area (Å²) >= 11 is 0. The monoisotopic (exact) mass is 331 g/mol. The van der Waals surface area contributed by atoms with Crippen molar-refractivity contribution in [3.8, 4) is 0 Å². The molecule has 126 valence electrons. The van der Waals surface area contributed by atoms with Gasteiger partial charge in [0.2, 0.25) is 0 Å². The van der Waals surface area contributed by atoms with Crippen molar-refractivity contribution in [1.82, 2.24) is 0 Å². The number of carbonyl (C=O) groups is 3. The summed E-state index contributed by atoms with van der Waals surface area (Å²) in [5, 5.41) is 10.8. The topological polar surface area (TPSA) is 93.1 Å². The van der Waals surface area contributed by atoms with Crippen LogP contribution >= 0.6 is 0 Å². The first-order valence-corrected chi connectivity index (χ1v) is 7.86. The standard InChI is InChI=1S/C17H17NO6/c1-23-18-12-5-3-2-4-11(12)17(16(18)22)7-10(15(20)21)9-6-13(19)14(17)24-8-9/h2-5,9-10,14H,6-8H2,1H3,(H,20,21)/t9-,10+,14-,17+/m1/s1. The van der Waals surface area contributed by atoms with E-state index in [0.717, 1.165) is 5.06 Å². The molecule has 1 saturated carbocycles. The molecule has 24 heavy (non-hydrogen) atoms. The second-order valence-electron chi connectivity index (χ2n) is 6.56. The summed E-state index contributed by atoms with van der Waals surface area (Å²) in [6.45, 7) is 0.178. The van der Waals surface area contributed by atoms with E-state index >= 15 is 0 Å². The maximum Gasteiger partial charge on any atom is 0.306 e. The molecule has 7 heteroatoms. The summed E-state index contributed by atoms with van der Waals surface area (Å²) in [6, 6.07) is 7.01. The molecule has 1 amide bonds. The number of aliphatic carboxylic acids is 1. The molecule has 3 fully saturated rings. The van der Waals surface area contributed by atoms with Crippen LogP contribution in [0.3, 0.4) is 0 Å². The molecule has 3 aliphatic heterocycles. The summed E-state index contributed by atoms with van der Waals surface area (Å²) < 4.78 is 5.74. The molecule has 1 N–H and O–H groups in total. The van der Waals surface area contributed by atoms with Crippen LogP contribution in [0.1, 0.15) is 18.4 Å². The second kappa shape index (κ2) is 5.12. The number of carbonyl (C=O) groups excluding carboxylic acids is 2. The molecular formula is C17H17NO6. The number of anilines is 1. The largest absolute Gasteiger partial charge is 0.481 e. The van der Waals surface area contributed by atoms with Crippen molar-refractivity contribution in [3.63, 3.8) is 0 Å². The van der Waals surface area contributed by atoms with Gasteiger partial charge in [-0.25, -0.2) is 0 Å². The molecule has 5 rings (SSSR count). The fourth-order valence-electron chi connectivity index (χ4n) is 4.39. The minimum atomic E-state index is -1.34. The maximum absolute atomic E-state index is 13.2. The third-order valence-corrected chi connectivity index (χ3v) is 5.46. The fourth-order valence-corrected chi connectivity index (χ4v) is 4.39. The Morgan fingerprint density at radius 2 is 2.12 bits per heavy atom. The van der Waals surface area contributed by atoms with E-state index in [4.69, 9.17) is 9.57 Å². The van der Waals surface area contributed by atoms with E-state index in [0.29, 0.717) is 11.3 Å². The molecule has 1 aliphatic carbocycles. The van der Waals surface area contributed by atoms with Crippen molar-refractivity contribution >= 4 is 23.3 Å². The fraction of sp³-hybridized carbons (Fsp3) is 0.471. The van der Waals surface area contributed by atoms with Crippen LogP contribution in [0.25, 0.3) is 0 Å². The van der Waals surface area contributed by atoms with E-state index in [1.54, 1.807) is 24.3 Å². The number of para-hydroxylation sites is 1. The highest BCUT2D eigenvalue weighted by Crippen LogP contribution is 2.53. The molecule has 2 saturated heterocycles. The summed E-state index contributed by atoms with van der Waals surface area (Å²) in [7, 11) is 1.37. The van der Waals surface area contributed by atoms with Crippen molar-refractivity contribution in [2.24, 2.45) is 11.8 Å². The summed E-state index contributed by atoms with van der Waals surface area (Å²) in [5.74, 6) is -2.86. The number of carboxylic acids is 1. The molecule has 1 aromatic rings. The molecule has 4 aliphatic rings. The number of Topliss-reactive ketones (excluding diaryl/α,β-unsaturated/α-hetero) is 1. The van der Waals surface area contributed by atoms with Crippen molar-refractivity contribution in [2.75, 3.05) is 18.8 Å². The first-order valence-electron chi connectivity index (χ1n) is 7.86. The predicted octanol–water partition coefficient (Wildman–Crippen LogP) is 0.911. The lowest BCUT2D eigenvalue weighted by Gasteiger charge is -2.34. The van der Waals surface area contributed by atoms with Crippen LogP contribution < -0.4 is 5.06 Å². The number of carboxylic acid groups (broad SMARTS) is 1. The molecular weight excluding hydrogens is 314 g/mol. The van der Waals surface area contributed by atoms with Crippen LogP contribution in [0.2, 0.25) is 0 Å². The van der Waals surface area contributed by atoms with Crippen LogP contribution in [-0.4, -0.2) is 42.6 Å². The number of benzene rings is 1. The number of fused-ring (bicyclic) bond motifs is 4. The molecule has 3 heterocycles. The number of hydrogen-bond acceptors (Lipinski definition) is 5. The first-order chi connectivity index (χ1) is 11.5. The van der Waals surface area contributed by atoms with Gasteiger partial charge in [-0.2, -0.15) is 5.06 Å². The van der Waals surface area contributed by atoms with Crippen LogP contribution in [0.5, 0.6) is 0 Å². The number of amides is 1. The van der Waals surface area contributed by atoms with E-state index in [2.05, 4.69) is 0 Å². The van der Waals surface area contributed by atoms with E-state index in [1.165, 1.54) is 7.11 Å². The van der Waals surface area contributed by atoms with E-state index < -0.39 is 35.2 Å². The number of ether oxygens (including phenoxy) is 1. The van der Waals surface area contributed by atoms with Gasteiger partial charge in [-0.1, -0.05) is 18.2 Å². The zero-order valence-corrected chi connectivity index (χ0v) is 13.1. The summed E-state index contributed by atoms with van der Waals surface area (Å²) in [6.07, 6.45) is -0.794. The lowest BCUT2D eigenvalue weighted by Crippen LogP contribution is -2.53. The van der Waals surface area contributed by atoms with E-state index in [-0.39, 0.29) is 25.2 Å². The highest BCUT2D eigenvalue weighted by atomic mass is 16.7. The van der Waals surface area contributed by atoms with Gasteiger partial charge in [0.15, 0.2) is 5.78 Å². The van der Waals surface area contributed by atoms with Gasteiger partial charge < -0.3 is 9.84 Å². The summed E-state index contributed by atoms with van der Waals surface area (Å²) in [5.41, 5.74) is -0.197. The van der Waals surface area contributed by atoms with Gasteiger partial charge in [0.25, 0.3) is 5.91 Å². The maximum atomic E-state index is 13.2. The lowest BCUT2D eigenvalue weighted by molar-refractivity contribution is -0.151.